The zero-order chi connectivity index (χ0) is 17.0. The van der Waals surface area contributed by atoms with E-state index in [4.69, 9.17) is 0 Å². The average molecular weight is 328 g/mol. The van der Waals surface area contributed by atoms with Gasteiger partial charge in [-0.2, -0.15) is 13.2 Å². The van der Waals surface area contributed by atoms with E-state index < -0.39 is 17.7 Å². The molecule has 1 aromatic carbocycles. The van der Waals surface area contributed by atoms with Crippen molar-refractivity contribution < 1.29 is 18.0 Å². The van der Waals surface area contributed by atoms with Crippen LogP contribution in [0.3, 0.4) is 0 Å². The van der Waals surface area contributed by atoms with Crippen LogP contribution in [0.2, 0.25) is 0 Å². The molecule has 0 aromatic heterocycles. The summed E-state index contributed by atoms with van der Waals surface area (Å²) in [5.41, 5.74) is -0.257. The number of benzene rings is 1. The highest BCUT2D eigenvalue weighted by molar-refractivity contribution is 5.84. The van der Waals surface area contributed by atoms with Gasteiger partial charge in [0, 0.05) is 19.1 Å². The Kier molecular flexibility index (Phi) is 5.68. The third-order valence-electron chi connectivity index (χ3n) is 4.46. The smallest absolute Gasteiger partial charge is 0.341 e. The molecule has 128 valence electrons. The summed E-state index contributed by atoms with van der Waals surface area (Å²) in [5, 5.41) is 3.17. The Morgan fingerprint density at radius 1 is 1.43 bits per heavy atom. The summed E-state index contributed by atoms with van der Waals surface area (Å²) in [6, 6.07) is 5.39. The van der Waals surface area contributed by atoms with Gasteiger partial charge < -0.3 is 10.2 Å². The molecule has 0 spiro atoms. The number of likely N-dealkylation sites (N-methyl/N-ethyl adjacent to an activating group) is 1. The summed E-state index contributed by atoms with van der Waals surface area (Å²) >= 11 is 0. The van der Waals surface area contributed by atoms with Crippen molar-refractivity contribution in [2.75, 3.05) is 20.1 Å². The van der Waals surface area contributed by atoms with Gasteiger partial charge in [-0.15, -0.1) is 0 Å². The monoisotopic (exact) mass is 328 g/mol. The first-order valence-corrected chi connectivity index (χ1v) is 8.00. The van der Waals surface area contributed by atoms with Crippen LogP contribution in [0.1, 0.15) is 43.2 Å². The highest BCUT2D eigenvalue weighted by atomic mass is 19.4. The lowest BCUT2D eigenvalue weighted by molar-refractivity contribution is -0.138. The van der Waals surface area contributed by atoms with Crippen LogP contribution in [0.5, 0.6) is 0 Å². The fourth-order valence-electron chi connectivity index (χ4n) is 3.12. The molecule has 1 aliphatic heterocycles. The molecule has 2 unspecified atom stereocenters. The molecule has 3 nitrogen and oxygen atoms in total. The molecule has 1 aromatic rings. The second-order valence-corrected chi connectivity index (χ2v) is 6.00. The van der Waals surface area contributed by atoms with Gasteiger partial charge in [-0.25, -0.2) is 0 Å². The lowest BCUT2D eigenvalue weighted by atomic mass is 9.92. The minimum atomic E-state index is -4.39. The van der Waals surface area contributed by atoms with Crippen molar-refractivity contribution in [3.05, 3.63) is 35.4 Å². The van der Waals surface area contributed by atoms with Crippen molar-refractivity contribution in [2.24, 2.45) is 0 Å². The number of halogens is 3. The van der Waals surface area contributed by atoms with Gasteiger partial charge in [0.05, 0.1) is 11.5 Å². The largest absolute Gasteiger partial charge is 0.416 e. The Balaban J connectivity index is 2.20. The van der Waals surface area contributed by atoms with Crippen molar-refractivity contribution in [1.29, 1.82) is 0 Å². The van der Waals surface area contributed by atoms with Crippen LogP contribution in [-0.4, -0.2) is 37.0 Å². The summed E-state index contributed by atoms with van der Waals surface area (Å²) in [5.74, 6) is -0.598. The number of hydrogen-bond acceptors (Lipinski definition) is 2. The summed E-state index contributed by atoms with van der Waals surface area (Å²) < 4.78 is 38.7. The predicted molar refractivity (Wildman–Crippen MR) is 83.1 cm³/mol. The fourth-order valence-corrected chi connectivity index (χ4v) is 3.12. The van der Waals surface area contributed by atoms with Crippen molar-refractivity contribution in [1.82, 2.24) is 10.2 Å². The highest BCUT2D eigenvalue weighted by Crippen LogP contribution is 2.32. The number of nitrogens with one attached hydrogen (secondary N) is 1. The lowest BCUT2D eigenvalue weighted by Crippen LogP contribution is -2.48. The summed E-state index contributed by atoms with van der Waals surface area (Å²) in [6.07, 6.45) is -1.97. The predicted octanol–water partition coefficient (Wildman–Crippen LogP) is 3.41. The van der Waals surface area contributed by atoms with Gasteiger partial charge in [-0.05, 0) is 37.9 Å². The highest BCUT2D eigenvalue weighted by Gasteiger charge is 2.33. The van der Waals surface area contributed by atoms with Crippen LogP contribution in [-0.2, 0) is 11.0 Å². The molecule has 1 aliphatic rings. The maximum Gasteiger partial charge on any atom is 0.416 e. The molecule has 23 heavy (non-hydrogen) atoms. The number of alkyl halides is 3. The Labute approximate surface area is 134 Å². The number of carbonyl (C=O) groups is 1. The summed E-state index contributed by atoms with van der Waals surface area (Å²) in [6.45, 7) is 3.12. The van der Waals surface area contributed by atoms with Gasteiger partial charge in [0.25, 0.3) is 0 Å². The zero-order valence-electron chi connectivity index (χ0n) is 13.5. The third kappa shape index (κ3) is 4.25. The second kappa shape index (κ2) is 7.34. The Hall–Kier alpha value is -1.56. The minimum Gasteiger partial charge on any atom is -0.341 e. The molecule has 1 amide bonds. The number of hydrogen-bond donors (Lipinski definition) is 1. The first kappa shape index (κ1) is 17.8. The molecule has 0 aliphatic carbocycles. The fraction of sp³-hybridized carbons (Fsp3) is 0.588. The molecule has 0 radical (unpaired) electrons. The Bertz CT molecular complexity index is 545. The van der Waals surface area contributed by atoms with E-state index in [1.807, 2.05) is 14.0 Å². The van der Waals surface area contributed by atoms with E-state index in [1.165, 1.54) is 6.07 Å². The molecular weight excluding hydrogens is 305 g/mol. The van der Waals surface area contributed by atoms with Gasteiger partial charge >= 0.3 is 6.18 Å². The number of amides is 1. The van der Waals surface area contributed by atoms with E-state index >= 15 is 0 Å². The summed E-state index contributed by atoms with van der Waals surface area (Å²) in [7, 11) is 1.86. The van der Waals surface area contributed by atoms with Crippen molar-refractivity contribution in [2.45, 2.75) is 44.3 Å². The number of piperidine rings is 1. The molecule has 2 rings (SSSR count). The first-order chi connectivity index (χ1) is 10.9. The zero-order valence-corrected chi connectivity index (χ0v) is 13.5. The third-order valence-corrected chi connectivity index (χ3v) is 4.46. The van der Waals surface area contributed by atoms with E-state index in [9.17, 15) is 18.0 Å². The van der Waals surface area contributed by atoms with Gasteiger partial charge in [-0.3, -0.25) is 4.79 Å². The van der Waals surface area contributed by atoms with Crippen LogP contribution in [0, 0.1) is 0 Å². The van der Waals surface area contributed by atoms with E-state index in [1.54, 1.807) is 11.0 Å². The number of likely N-dealkylation sites (tertiary alicyclic amines) is 1. The molecule has 0 bridgehead atoms. The maximum atomic E-state index is 12.9. The SMILES string of the molecule is CCC(C(=O)N1CCCC(NC)C1)c1cccc(C(F)(F)F)c1. The average Bonchev–Trinajstić information content (AvgIpc) is 2.55. The maximum absolute atomic E-state index is 12.9. The Morgan fingerprint density at radius 2 is 2.17 bits per heavy atom. The topological polar surface area (TPSA) is 32.3 Å². The number of carbonyl (C=O) groups excluding carboxylic acids is 1. The molecule has 2 atom stereocenters. The molecule has 1 fully saturated rings. The normalized spacial score (nSPS) is 20.4. The standard InChI is InChI=1S/C17H23F3N2O/c1-3-15(12-6-4-7-13(10-12)17(18,19)20)16(23)22-9-5-8-14(11-22)21-2/h4,6-7,10,14-15,21H,3,5,8-9,11H2,1-2H3. The van der Waals surface area contributed by atoms with E-state index in [2.05, 4.69) is 5.32 Å². The molecule has 1 heterocycles. The van der Waals surface area contributed by atoms with Gasteiger partial charge in [0.15, 0.2) is 0 Å². The summed E-state index contributed by atoms with van der Waals surface area (Å²) in [4.78, 5) is 14.5. The van der Waals surface area contributed by atoms with Crippen LogP contribution >= 0.6 is 0 Å². The van der Waals surface area contributed by atoms with E-state index in [0.717, 1.165) is 25.0 Å². The van der Waals surface area contributed by atoms with Crippen molar-refractivity contribution in [3.8, 4) is 0 Å². The van der Waals surface area contributed by atoms with Gasteiger partial charge in [-0.1, -0.05) is 25.1 Å². The molecular formula is C17H23F3N2O. The second-order valence-electron chi connectivity index (χ2n) is 6.00. The van der Waals surface area contributed by atoms with Gasteiger partial charge in [0.1, 0.15) is 0 Å². The lowest BCUT2D eigenvalue weighted by Gasteiger charge is -2.35. The molecule has 0 saturated carbocycles. The van der Waals surface area contributed by atoms with Crippen molar-refractivity contribution in [3.63, 3.8) is 0 Å². The molecule has 1 saturated heterocycles. The molecule has 6 heteroatoms. The first-order valence-electron chi connectivity index (χ1n) is 8.00. The quantitative estimate of drug-likeness (QED) is 0.919. The van der Waals surface area contributed by atoms with Gasteiger partial charge in [0.2, 0.25) is 5.91 Å². The number of rotatable bonds is 4. The van der Waals surface area contributed by atoms with Crippen LogP contribution < -0.4 is 5.32 Å². The number of nitrogens with zero attached hydrogens (tertiary/aromatic N) is 1. The molecule has 1 N–H and O–H groups in total. The van der Waals surface area contributed by atoms with Crippen LogP contribution in [0.25, 0.3) is 0 Å². The van der Waals surface area contributed by atoms with Crippen LogP contribution in [0.15, 0.2) is 24.3 Å². The minimum absolute atomic E-state index is 0.0771. The van der Waals surface area contributed by atoms with E-state index in [-0.39, 0.29) is 11.9 Å². The van der Waals surface area contributed by atoms with E-state index in [0.29, 0.717) is 25.1 Å². The van der Waals surface area contributed by atoms with Crippen LogP contribution in [0.4, 0.5) is 13.2 Å². The van der Waals surface area contributed by atoms with Crippen molar-refractivity contribution >= 4 is 5.91 Å². The Morgan fingerprint density at radius 3 is 2.78 bits per heavy atom.